The van der Waals surface area contributed by atoms with Crippen molar-refractivity contribution < 1.29 is 24.2 Å². The van der Waals surface area contributed by atoms with Gasteiger partial charge in [0.1, 0.15) is 18.1 Å². The minimum atomic E-state index is -0.568. The van der Waals surface area contributed by atoms with Crippen LogP contribution in [0.4, 0.5) is 11.4 Å². The molecule has 0 aliphatic carbocycles. The van der Waals surface area contributed by atoms with E-state index in [0.29, 0.717) is 18.6 Å². The highest BCUT2D eigenvalue weighted by atomic mass is 16.6. The molecule has 0 aromatic carbocycles. The number of ether oxygens (including phenoxy) is 1. The maximum Gasteiger partial charge on any atom is 0.330 e. The number of carbonyl (C=O) groups excluding carboxylic acids is 2. The van der Waals surface area contributed by atoms with Gasteiger partial charge in [-0.1, -0.05) is 0 Å². The van der Waals surface area contributed by atoms with Crippen LogP contribution in [0.5, 0.6) is 0 Å². The number of carbonyl (C=O) groups is 2. The third-order valence-corrected chi connectivity index (χ3v) is 2.76. The highest BCUT2D eigenvalue weighted by Gasteiger charge is 2.04. The number of rotatable bonds is 6. The van der Waals surface area contributed by atoms with Crippen molar-refractivity contribution in [3.63, 3.8) is 0 Å². The Balaban J connectivity index is 0.000000289. The fourth-order valence-electron chi connectivity index (χ4n) is 1.52. The summed E-state index contributed by atoms with van der Waals surface area (Å²) in [6.07, 6.45) is 5.36. The SMILES string of the molecule is CCOC(=O)C=Cc1ccc([N+](=O)[O-])cn1.O=Cc1ccc([N+](=O)[O-])cn1. The molecule has 2 heterocycles. The summed E-state index contributed by atoms with van der Waals surface area (Å²) in [7, 11) is 0. The Hall–Kier alpha value is -4.02. The van der Waals surface area contributed by atoms with E-state index in [1.54, 1.807) is 6.92 Å². The third-order valence-electron chi connectivity index (χ3n) is 2.76. The average molecular weight is 374 g/mol. The van der Waals surface area contributed by atoms with Gasteiger partial charge < -0.3 is 4.74 Å². The van der Waals surface area contributed by atoms with Crippen molar-refractivity contribution in [3.8, 4) is 0 Å². The van der Waals surface area contributed by atoms with Crippen molar-refractivity contribution in [2.75, 3.05) is 6.61 Å². The zero-order valence-corrected chi connectivity index (χ0v) is 14.0. The first kappa shape index (κ1) is 21.0. The van der Waals surface area contributed by atoms with Gasteiger partial charge in [-0.25, -0.2) is 14.8 Å². The second kappa shape index (κ2) is 10.8. The molecule has 0 saturated heterocycles. The van der Waals surface area contributed by atoms with Crippen molar-refractivity contribution in [3.05, 3.63) is 74.4 Å². The minimum Gasteiger partial charge on any atom is -0.463 e. The lowest BCUT2D eigenvalue weighted by molar-refractivity contribution is -0.385. The van der Waals surface area contributed by atoms with Gasteiger partial charge in [-0.15, -0.1) is 0 Å². The van der Waals surface area contributed by atoms with Crippen LogP contribution in [0.15, 0.2) is 42.7 Å². The second-order valence-electron chi connectivity index (χ2n) is 4.60. The van der Waals surface area contributed by atoms with Crippen molar-refractivity contribution in [2.24, 2.45) is 0 Å². The Morgan fingerprint density at radius 1 is 1.04 bits per heavy atom. The van der Waals surface area contributed by atoms with Crippen molar-refractivity contribution in [2.45, 2.75) is 6.92 Å². The predicted molar refractivity (Wildman–Crippen MR) is 92.8 cm³/mol. The summed E-state index contributed by atoms with van der Waals surface area (Å²) < 4.78 is 4.66. The highest BCUT2D eigenvalue weighted by Crippen LogP contribution is 2.09. The second-order valence-corrected chi connectivity index (χ2v) is 4.60. The van der Waals surface area contributed by atoms with E-state index in [1.807, 2.05) is 0 Å². The lowest BCUT2D eigenvalue weighted by atomic mass is 10.3. The van der Waals surface area contributed by atoms with E-state index < -0.39 is 15.8 Å². The van der Waals surface area contributed by atoms with E-state index in [-0.39, 0.29) is 17.1 Å². The Morgan fingerprint density at radius 2 is 1.56 bits per heavy atom. The normalized spacial score (nSPS) is 9.81. The molecule has 2 aromatic heterocycles. The van der Waals surface area contributed by atoms with E-state index in [2.05, 4.69) is 14.7 Å². The lowest BCUT2D eigenvalue weighted by Crippen LogP contribution is -1.98. The number of aldehydes is 1. The number of hydrogen-bond acceptors (Lipinski definition) is 9. The fourth-order valence-corrected chi connectivity index (χ4v) is 1.52. The van der Waals surface area contributed by atoms with Crippen LogP contribution in [0.1, 0.15) is 23.1 Å². The van der Waals surface area contributed by atoms with Gasteiger partial charge in [0.05, 0.1) is 22.1 Å². The molecule has 0 aliphatic heterocycles. The molecule has 0 amide bonds. The van der Waals surface area contributed by atoms with Crippen molar-refractivity contribution in [1.82, 2.24) is 9.97 Å². The molecule has 2 rings (SSSR count). The largest absolute Gasteiger partial charge is 0.463 e. The zero-order valence-electron chi connectivity index (χ0n) is 14.0. The van der Waals surface area contributed by atoms with Gasteiger partial charge in [0.25, 0.3) is 11.4 Å². The van der Waals surface area contributed by atoms with Gasteiger partial charge in [-0.2, -0.15) is 0 Å². The Kier molecular flexibility index (Phi) is 8.38. The van der Waals surface area contributed by atoms with Crippen LogP contribution in [0.2, 0.25) is 0 Å². The number of nitro groups is 2. The summed E-state index contributed by atoms with van der Waals surface area (Å²) in [6, 6.07) is 5.30. The van der Waals surface area contributed by atoms with Crippen LogP contribution in [0.3, 0.4) is 0 Å². The summed E-state index contributed by atoms with van der Waals surface area (Å²) in [4.78, 5) is 47.6. The molecular formula is C16H14N4O7. The average Bonchev–Trinajstić information content (AvgIpc) is 2.67. The van der Waals surface area contributed by atoms with Gasteiger partial charge in [-0.3, -0.25) is 25.0 Å². The lowest BCUT2D eigenvalue weighted by Gasteiger charge is -1.95. The first-order valence-corrected chi connectivity index (χ1v) is 7.38. The number of nitrogens with zero attached hydrogens (tertiary/aromatic N) is 4. The molecule has 0 bridgehead atoms. The molecule has 0 unspecified atom stereocenters. The standard InChI is InChI=1S/C10H10N2O4.C6H4N2O3/c1-2-16-10(13)6-4-8-3-5-9(7-11-8)12(14)15;9-4-5-1-2-6(3-7-5)8(10)11/h3-7H,2H2,1H3;1-4H. The molecule has 0 N–H and O–H groups in total. The monoisotopic (exact) mass is 374 g/mol. The number of hydrogen-bond donors (Lipinski definition) is 0. The summed E-state index contributed by atoms with van der Waals surface area (Å²) >= 11 is 0. The van der Waals surface area contributed by atoms with E-state index >= 15 is 0 Å². The van der Waals surface area contributed by atoms with Gasteiger partial charge >= 0.3 is 5.97 Å². The van der Waals surface area contributed by atoms with E-state index in [0.717, 1.165) is 12.4 Å². The molecule has 0 fully saturated rings. The maximum absolute atomic E-state index is 10.9. The quantitative estimate of drug-likeness (QED) is 0.243. The van der Waals surface area contributed by atoms with Crippen LogP contribution < -0.4 is 0 Å². The van der Waals surface area contributed by atoms with Gasteiger partial charge in [0.15, 0.2) is 6.29 Å². The molecule has 0 spiro atoms. The maximum atomic E-state index is 10.9. The molecule has 0 atom stereocenters. The molecule has 2 aromatic rings. The van der Waals surface area contributed by atoms with Crippen LogP contribution >= 0.6 is 0 Å². The topological polar surface area (TPSA) is 155 Å². The summed E-state index contributed by atoms with van der Waals surface area (Å²) in [5.74, 6) is -0.470. The molecule has 11 nitrogen and oxygen atoms in total. The Labute approximate surface area is 152 Å². The van der Waals surface area contributed by atoms with Gasteiger partial charge in [0, 0.05) is 18.2 Å². The molecular weight excluding hydrogens is 360 g/mol. The Bertz CT molecular complexity index is 833. The van der Waals surface area contributed by atoms with Crippen LogP contribution in [0, 0.1) is 20.2 Å². The minimum absolute atomic E-state index is 0.0896. The van der Waals surface area contributed by atoms with Crippen LogP contribution in [-0.2, 0) is 9.53 Å². The van der Waals surface area contributed by atoms with Crippen molar-refractivity contribution in [1.29, 1.82) is 0 Å². The fraction of sp³-hybridized carbons (Fsp3) is 0.125. The van der Waals surface area contributed by atoms with Crippen molar-refractivity contribution >= 4 is 29.7 Å². The third kappa shape index (κ3) is 7.60. The van der Waals surface area contributed by atoms with E-state index in [9.17, 15) is 29.8 Å². The zero-order chi connectivity index (χ0) is 20.2. The van der Waals surface area contributed by atoms with Gasteiger partial charge in [-0.05, 0) is 25.1 Å². The summed E-state index contributed by atoms with van der Waals surface area (Å²) in [5.41, 5.74) is 0.443. The van der Waals surface area contributed by atoms with Crippen LogP contribution in [0.25, 0.3) is 6.08 Å². The smallest absolute Gasteiger partial charge is 0.330 e. The van der Waals surface area contributed by atoms with E-state index in [1.165, 1.54) is 36.4 Å². The molecule has 11 heteroatoms. The number of pyridine rings is 2. The van der Waals surface area contributed by atoms with E-state index in [4.69, 9.17) is 0 Å². The number of esters is 1. The highest BCUT2D eigenvalue weighted by molar-refractivity contribution is 5.86. The summed E-state index contributed by atoms with van der Waals surface area (Å²) in [5, 5.41) is 20.4. The first-order valence-electron chi connectivity index (χ1n) is 7.38. The van der Waals surface area contributed by atoms with Gasteiger partial charge in [0.2, 0.25) is 0 Å². The summed E-state index contributed by atoms with van der Waals surface area (Å²) in [6.45, 7) is 2.01. The molecule has 27 heavy (non-hydrogen) atoms. The molecule has 0 saturated carbocycles. The Morgan fingerprint density at radius 3 is 1.93 bits per heavy atom. The molecule has 0 radical (unpaired) electrons. The number of aromatic nitrogens is 2. The molecule has 140 valence electrons. The first-order chi connectivity index (χ1) is 12.9. The molecule has 0 aliphatic rings. The van der Waals surface area contributed by atoms with Crippen LogP contribution in [-0.4, -0.2) is 38.7 Å². The predicted octanol–water partition coefficient (Wildman–Crippen LogP) is 2.37.